The Morgan fingerprint density at radius 1 is 1.15 bits per heavy atom. The number of carbonyl (C=O) groups excluding carboxylic acids is 1. The molecule has 3 aliphatic carbocycles. The molecule has 0 heterocycles. The van der Waals surface area contributed by atoms with Crippen molar-refractivity contribution in [3.8, 4) is 0 Å². The fraction of sp³-hybridized carbons (Fsp3) is 0.750. The molecule has 0 amide bonds. The minimum absolute atomic E-state index is 0.428. The molecular weight excluding hydrogens is 160 g/mol. The zero-order valence-electron chi connectivity index (χ0n) is 7.91. The third-order valence-electron chi connectivity index (χ3n) is 4.20. The van der Waals surface area contributed by atoms with Gasteiger partial charge < -0.3 is 0 Å². The summed E-state index contributed by atoms with van der Waals surface area (Å²) in [5, 5.41) is 0. The highest BCUT2D eigenvalue weighted by Gasteiger charge is 2.47. The Hall–Kier alpha value is -0.590. The van der Waals surface area contributed by atoms with Crippen LogP contribution < -0.4 is 0 Å². The summed E-state index contributed by atoms with van der Waals surface area (Å²) >= 11 is 0. The average molecular weight is 176 g/mol. The molecule has 0 radical (unpaired) electrons. The van der Waals surface area contributed by atoms with E-state index in [0.717, 1.165) is 24.7 Å². The molecule has 4 atom stereocenters. The lowest BCUT2D eigenvalue weighted by atomic mass is 9.79. The van der Waals surface area contributed by atoms with Crippen LogP contribution in [0.4, 0.5) is 0 Å². The fourth-order valence-corrected chi connectivity index (χ4v) is 3.64. The van der Waals surface area contributed by atoms with Gasteiger partial charge in [0, 0.05) is 12.3 Å². The molecule has 0 N–H and O–H groups in total. The first-order valence-corrected chi connectivity index (χ1v) is 5.57. The molecule has 3 aliphatic rings. The zero-order valence-corrected chi connectivity index (χ0v) is 7.91. The fourth-order valence-electron chi connectivity index (χ4n) is 3.64. The summed E-state index contributed by atoms with van der Waals surface area (Å²) in [6.07, 6.45) is 10.5. The molecule has 70 valence electrons. The van der Waals surface area contributed by atoms with E-state index in [9.17, 15) is 4.79 Å². The summed E-state index contributed by atoms with van der Waals surface area (Å²) in [4.78, 5) is 11.9. The number of carbonyl (C=O) groups is 1. The number of hydrogen-bond donors (Lipinski definition) is 0. The standard InChI is InChI=1S/C12H16O/c13-11-4-2-1-3-10-8-5-6-9(7-8)12(10)11/h5-6,8-10,12H,1-4,7H2/t8?,9?,10-,12-/m0/s1. The molecule has 2 bridgehead atoms. The van der Waals surface area contributed by atoms with Gasteiger partial charge in [-0.3, -0.25) is 4.79 Å². The van der Waals surface area contributed by atoms with E-state index in [-0.39, 0.29) is 0 Å². The highest BCUT2D eigenvalue weighted by Crippen LogP contribution is 2.51. The summed E-state index contributed by atoms with van der Waals surface area (Å²) in [6.45, 7) is 0. The molecule has 1 nitrogen and oxygen atoms in total. The van der Waals surface area contributed by atoms with Gasteiger partial charge in [-0.05, 0) is 37.0 Å². The van der Waals surface area contributed by atoms with Crippen LogP contribution in [0.1, 0.15) is 32.1 Å². The van der Waals surface area contributed by atoms with Crippen molar-refractivity contribution in [3.05, 3.63) is 12.2 Å². The van der Waals surface area contributed by atoms with Gasteiger partial charge in [0.25, 0.3) is 0 Å². The predicted molar refractivity (Wildman–Crippen MR) is 51.2 cm³/mol. The van der Waals surface area contributed by atoms with E-state index in [2.05, 4.69) is 12.2 Å². The van der Waals surface area contributed by atoms with E-state index in [1.165, 1.54) is 19.3 Å². The summed E-state index contributed by atoms with van der Waals surface area (Å²) in [6, 6.07) is 0. The van der Waals surface area contributed by atoms with Crippen molar-refractivity contribution >= 4 is 5.78 Å². The molecule has 0 aromatic carbocycles. The second-order valence-electron chi connectivity index (χ2n) is 4.85. The molecule has 13 heavy (non-hydrogen) atoms. The Bertz CT molecular complexity index is 266. The van der Waals surface area contributed by atoms with Crippen molar-refractivity contribution < 1.29 is 4.79 Å². The Balaban J connectivity index is 1.93. The third kappa shape index (κ3) is 1.02. The predicted octanol–water partition coefficient (Wildman–Crippen LogP) is 2.57. The number of fused-ring (bicyclic) bond motifs is 5. The first-order chi connectivity index (χ1) is 6.36. The monoisotopic (exact) mass is 176 g/mol. The van der Waals surface area contributed by atoms with Crippen molar-refractivity contribution in [2.24, 2.45) is 23.7 Å². The van der Waals surface area contributed by atoms with E-state index in [4.69, 9.17) is 0 Å². The second kappa shape index (κ2) is 2.70. The molecule has 2 unspecified atom stereocenters. The van der Waals surface area contributed by atoms with E-state index in [1.807, 2.05) is 0 Å². The molecule has 0 spiro atoms. The second-order valence-corrected chi connectivity index (χ2v) is 4.85. The van der Waals surface area contributed by atoms with Gasteiger partial charge >= 0.3 is 0 Å². The van der Waals surface area contributed by atoms with Crippen LogP contribution in [0.5, 0.6) is 0 Å². The number of Topliss-reactive ketones (excluding diaryl/α,β-unsaturated/α-hetero) is 1. The van der Waals surface area contributed by atoms with Gasteiger partial charge in [-0.1, -0.05) is 18.6 Å². The average Bonchev–Trinajstić information content (AvgIpc) is 2.66. The van der Waals surface area contributed by atoms with Gasteiger partial charge in [-0.2, -0.15) is 0 Å². The topological polar surface area (TPSA) is 17.1 Å². The first-order valence-electron chi connectivity index (χ1n) is 5.57. The lowest BCUT2D eigenvalue weighted by Gasteiger charge is -2.24. The Labute approximate surface area is 79.2 Å². The maximum absolute atomic E-state index is 11.9. The lowest BCUT2D eigenvalue weighted by Crippen LogP contribution is -2.25. The molecule has 3 rings (SSSR count). The van der Waals surface area contributed by atoms with Gasteiger partial charge in [0.15, 0.2) is 0 Å². The SMILES string of the molecule is O=C1CCCC[C@H]2C3C=CC(C3)[C@H]12. The first kappa shape index (κ1) is 7.78. The van der Waals surface area contributed by atoms with E-state index >= 15 is 0 Å². The van der Waals surface area contributed by atoms with E-state index in [1.54, 1.807) is 0 Å². The normalized spacial score (nSPS) is 47.8. The molecular formula is C12H16O. The Morgan fingerprint density at radius 2 is 2.00 bits per heavy atom. The maximum Gasteiger partial charge on any atom is 0.136 e. The molecule has 2 saturated carbocycles. The van der Waals surface area contributed by atoms with Crippen LogP contribution in [0.2, 0.25) is 0 Å². The van der Waals surface area contributed by atoms with Gasteiger partial charge in [0.05, 0.1) is 0 Å². The van der Waals surface area contributed by atoms with Crippen molar-refractivity contribution in [3.63, 3.8) is 0 Å². The number of ketones is 1. The van der Waals surface area contributed by atoms with Crippen LogP contribution in [-0.2, 0) is 4.79 Å². The summed E-state index contributed by atoms with van der Waals surface area (Å²) < 4.78 is 0. The summed E-state index contributed by atoms with van der Waals surface area (Å²) in [5.41, 5.74) is 0. The number of rotatable bonds is 0. The van der Waals surface area contributed by atoms with Gasteiger partial charge in [-0.15, -0.1) is 0 Å². The quantitative estimate of drug-likeness (QED) is 0.518. The van der Waals surface area contributed by atoms with Crippen LogP contribution in [0.3, 0.4) is 0 Å². The van der Waals surface area contributed by atoms with Crippen molar-refractivity contribution in [1.29, 1.82) is 0 Å². The van der Waals surface area contributed by atoms with Crippen molar-refractivity contribution in [2.75, 3.05) is 0 Å². The molecule has 1 heteroatoms. The molecule has 0 aromatic heterocycles. The lowest BCUT2D eigenvalue weighted by molar-refractivity contribution is -0.124. The minimum Gasteiger partial charge on any atom is -0.299 e. The van der Waals surface area contributed by atoms with Crippen LogP contribution in [-0.4, -0.2) is 5.78 Å². The minimum atomic E-state index is 0.428. The molecule has 0 aromatic rings. The maximum atomic E-state index is 11.9. The Kier molecular flexibility index (Phi) is 1.61. The van der Waals surface area contributed by atoms with Crippen molar-refractivity contribution in [2.45, 2.75) is 32.1 Å². The van der Waals surface area contributed by atoms with E-state index < -0.39 is 0 Å². The zero-order chi connectivity index (χ0) is 8.84. The highest BCUT2D eigenvalue weighted by atomic mass is 16.1. The third-order valence-corrected chi connectivity index (χ3v) is 4.20. The highest BCUT2D eigenvalue weighted by molar-refractivity contribution is 5.82. The smallest absolute Gasteiger partial charge is 0.136 e. The molecule has 2 fully saturated rings. The largest absolute Gasteiger partial charge is 0.299 e. The number of hydrogen-bond acceptors (Lipinski definition) is 1. The van der Waals surface area contributed by atoms with Gasteiger partial charge in [0.2, 0.25) is 0 Å². The van der Waals surface area contributed by atoms with Crippen LogP contribution in [0, 0.1) is 23.7 Å². The van der Waals surface area contributed by atoms with Crippen LogP contribution in [0.25, 0.3) is 0 Å². The van der Waals surface area contributed by atoms with Gasteiger partial charge in [0.1, 0.15) is 5.78 Å². The molecule has 0 aliphatic heterocycles. The molecule has 0 saturated heterocycles. The van der Waals surface area contributed by atoms with Crippen LogP contribution in [0.15, 0.2) is 12.2 Å². The van der Waals surface area contributed by atoms with Crippen molar-refractivity contribution in [1.82, 2.24) is 0 Å². The Morgan fingerprint density at radius 3 is 2.92 bits per heavy atom. The summed E-state index contributed by atoms with van der Waals surface area (Å²) in [7, 11) is 0. The van der Waals surface area contributed by atoms with Gasteiger partial charge in [-0.25, -0.2) is 0 Å². The summed E-state index contributed by atoms with van der Waals surface area (Å²) in [5.74, 6) is 3.11. The van der Waals surface area contributed by atoms with Crippen LogP contribution >= 0.6 is 0 Å². The van der Waals surface area contributed by atoms with E-state index in [0.29, 0.717) is 17.6 Å². The number of allylic oxidation sites excluding steroid dienone is 2.